The summed E-state index contributed by atoms with van der Waals surface area (Å²) in [6.45, 7) is 0.702. The summed E-state index contributed by atoms with van der Waals surface area (Å²) in [6, 6.07) is 19.3. The van der Waals surface area contributed by atoms with Crippen LogP contribution in [0.1, 0.15) is 11.4 Å². The quantitative estimate of drug-likeness (QED) is 0.333. The van der Waals surface area contributed by atoms with Crippen LogP contribution in [-0.4, -0.2) is 43.1 Å². The van der Waals surface area contributed by atoms with E-state index in [2.05, 4.69) is 29.9 Å². The monoisotopic (exact) mass is 450 g/mol. The minimum Gasteiger partial charge on any atom is -0.490 e. The third-order valence-electron chi connectivity index (χ3n) is 5.02. The highest BCUT2D eigenvalue weighted by atomic mass is 16.5. The Morgan fingerprint density at radius 1 is 0.676 bits per heavy atom. The molecule has 0 unspecified atom stereocenters. The molecule has 8 heteroatoms. The second kappa shape index (κ2) is 10.4. The van der Waals surface area contributed by atoms with E-state index in [1.807, 2.05) is 66.9 Å². The minimum absolute atomic E-state index is 0.327. The summed E-state index contributed by atoms with van der Waals surface area (Å²) in [7, 11) is 0. The predicted molar refractivity (Wildman–Crippen MR) is 127 cm³/mol. The average Bonchev–Trinajstić information content (AvgIpc) is 3.42. The highest BCUT2D eigenvalue weighted by Gasteiger charge is 2.14. The lowest BCUT2D eigenvalue weighted by Crippen LogP contribution is -2.10. The molecule has 0 bridgehead atoms. The highest BCUT2D eigenvalue weighted by molar-refractivity contribution is 5.73. The van der Waals surface area contributed by atoms with E-state index in [0.29, 0.717) is 36.2 Å². The van der Waals surface area contributed by atoms with Gasteiger partial charge in [-0.25, -0.2) is 15.0 Å². The molecule has 0 aliphatic heterocycles. The van der Waals surface area contributed by atoms with Gasteiger partial charge >= 0.3 is 0 Å². The van der Waals surface area contributed by atoms with Gasteiger partial charge < -0.3 is 14.5 Å². The second-order valence-corrected chi connectivity index (χ2v) is 7.39. The Kier molecular flexibility index (Phi) is 6.47. The number of H-pyrrole nitrogens is 1. The zero-order valence-corrected chi connectivity index (χ0v) is 18.3. The topological polar surface area (TPSA) is 98.7 Å². The summed E-state index contributed by atoms with van der Waals surface area (Å²) in [4.78, 5) is 25.4. The number of ether oxygens (including phenoxy) is 2. The molecule has 0 aliphatic rings. The van der Waals surface area contributed by atoms with Crippen LogP contribution in [0, 0.1) is 0 Å². The van der Waals surface area contributed by atoms with Crippen LogP contribution in [0.2, 0.25) is 0 Å². The van der Waals surface area contributed by atoms with Crippen molar-refractivity contribution in [1.82, 2.24) is 29.9 Å². The molecule has 4 aromatic heterocycles. The van der Waals surface area contributed by atoms with E-state index in [1.54, 1.807) is 24.8 Å². The summed E-state index contributed by atoms with van der Waals surface area (Å²) in [5.74, 6) is 2.11. The van der Waals surface area contributed by atoms with Gasteiger partial charge in [-0.1, -0.05) is 24.3 Å². The lowest BCUT2D eigenvalue weighted by atomic mass is 10.1. The van der Waals surface area contributed by atoms with Crippen LogP contribution >= 0.6 is 0 Å². The van der Waals surface area contributed by atoms with Crippen molar-refractivity contribution in [2.24, 2.45) is 0 Å². The summed E-state index contributed by atoms with van der Waals surface area (Å²) in [6.07, 6.45) is 9.37. The molecule has 0 fully saturated rings. The van der Waals surface area contributed by atoms with Gasteiger partial charge in [-0.05, 0) is 42.0 Å². The maximum atomic E-state index is 5.82. The van der Waals surface area contributed by atoms with Crippen molar-refractivity contribution in [3.8, 4) is 34.4 Å². The van der Waals surface area contributed by atoms with Crippen LogP contribution in [0.4, 0.5) is 0 Å². The molecule has 0 radical (unpaired) electrons. The van der Waals surface area contributed by atoms with Crippen LogP contribution in [0.25, 0.3) is 22.8 Å². The molecule has 0 spiro atoms. The summed E-state index contributed by atoms with van der Waals surface area (Å²) in [5, 5.41) is 0. The lowest BCUT2D eigenvalue weighted by Gasteiger charge is -2.11. The molecule has 5 rings (SSSR count). The third kappa shape index (κ3) is 5.24. The Labute approximate surface area is 196 Å². The molecular formula is C26H22N6O2. The first-order valence-corrected chi connectivity index (χ1v) is 10.9. The van der Waals surface area contributed by atoms with Crippen molar-refractivity contribution in [3.05, 3.63) is 103 Å². The number of hydrogen-bond donors (Lipinski definition) is 1. The third-order valence-corrected chi connectivity index (χ3v) is 5.02. The van der Waals surface area contributed by atoms with Crippen LogP contribution in [0.5, 0.6) is 11.6 Å². The van der Waals surface area contributed by atoms with Gasteiger partial charge in [0, 0.05) is 31.2 Å². The van der Waals surface area contributed by atoms with Crippen molar-refractivity contribution in [3.63, 3.8) is 0 Å². The van der Waals surface area contributed by atoms with Gasteiger partial charge in [0.25, 0.3) is 0 Å². The van der Waals surface area contributed by atoms with Crippen LogP contribution in [-0.2, 0) is 6.42 Å². The summed E-state index contributed by atoms with van der Waals surface area (Å²) in [5.41, 5.74) is 3.85. The molecule has 34 heavy (non-hydrogen) atoms. The van der Waals surface area contributed by atoms with Crippen molar-refractivity contribution in [2.45, 2.75) is 6.42 Å². The smallest absolute Gasteiger partial charge is 0.233 e. The number of rotatable bonds is 9. The van der Waals surface area contributed by atoms with E-state index in [1.165, 1.54) is 0 Å². The maximum Gasteiger partial charge on any atom is 0.233 e. The number of pyridine rings is 2. The van der Waals surface area contributed by atoms with E-state index in [9.17, 15) is 0 Å². The van der Waals surface area contributed by atoms with Crippen LogP contribution in [0.3, 0.4) is 0 Å². The fourth-order valence-corrected chi connectivity index (χ4v) is 3.41. The molecule has 4 heterocycles. The van der Waals surface area contributed by atoms with Crippen molar-refractivity contribution in [1.29, 1.82) is 0 Å². The highest BCUT2D eigenvalue weighted by Crippen LogP contribution is 2.27. The van der Waals surface area contributed by atoms with Crippen molar-refractivity contribution in [2.75, 3.05) is 13.2 Å². The zero-order valence-electron chi connectivity index (χ0n) is 18.3. The van der Waals surface area contributed by atoms with Gasteiger partial charge in [-0.15, -0.1) is 0 Å². The first-order chi connectivity index (χ1) is 16.8. The van der Waals surface area contributed by atoms with Gasteiger partial charge in [-0.3, -0.25) is 9.97 Å². The maximum absolute atomic E-state index is 5.82. The average molecular weight is 451 g/mol. The van der Waals surface area contributed by atoms with E-state index >= 15 is 0 Å². The van der Waals surface area contributed by atoms with E-state index in [-0.39, 0.29) is 0 Å². The van der Waals surface area contributed by atoms with Gasteiger partial charge in [0.2, 0.25) is 5.88 Å². The lowest BCUT2D eigenvalue weighted by molar-refractivity contribution is 0.211. The van der Waals surface area contributed by atoms with Crippen LogP contribution < -0.4 is 9.47 Å². The number of imidazole rings is 1. The van der Waals surface area contributed by atoms with E-state index in [4.69, 9.17) is 9.47 Å². The second-order valence-electron chi connectivity index (χ2n) is 7.39. The molecule has 0 atom stereocenters. The van der Waals surface area contributed by atoms with Gasteiger partial charge in [0.05, 0.1) is 17.6 Å². The fraction of sp³-hybridized carbons (Fsp3) is 0.115. The number of benzene rings is 1. The van der Waals surface area contributed by atoms with Crippen molar-refractivity contribution < 1.29 is 9.47 Å². The Bertz CT molecular complexity index is 1310. The summed E-state index contributed by atoms with van der Waals surface area (Å²) >= 11 is 0. The molecule has 1 aromatic carbocycles. The van der Waals surface area contributed by atoms with E-state index in [0.717, 1.165) is 29.3 Å². The van der Waals surface area contributed by atoms with E-state index < -0.39 is 0 Å². The Balaban J connectivity index is 1.22. The standard InChI is InChI=1S/C26H22N6O2/c1-3-11-27-21(5-1)25-26(22-6-2-4-12-28-22)32-24(18-31-25)34-16-15-33-20-9-7-19(8-10-20)17-23-29-13-14-30-23/h1-14,18H,15-17H2,(H,29,30). The zero-order chi connectivity index (χ0) is 23.0. The van der Waals surface area contributed by atoms with Crippen molar-refractivity contribution >= 4 is 0 Å². The minimum atomic E-state index is 0.327. The first kappa shape index (κ1) is 21.3. The number of aromatic nitrogens is 6. The SMILES string of the molecule is c1ccc(-c2ncc(OCCOc3ccc(Cc4ncc[nH]4)cc3)nc2-c2ccccn2)nc1. The molecule has 0 saturated heterocycles. The normalized spacial score (nSPS) is 10.7. The molecule has 0 saturated carbocycles. The Hall–Kier alpha value is -4.59. The Morgan fingerprint density at radius 2 is 1.41 bits per heavy atom. The molecule has 168 valence electrons. The molecule has 0 amide bonds. The largest absolute Gasteiger partial charge is 0.490 e. The Morgan fingerprint density at radius 3 is 2.09 bits per heavy atom. The molecule has 1 N–H and O–H groups in total. The molecule has 0 aliphatic carbocycles. The first-order valence-electron chi connectivity index (χ1n) is 10.9. The fourth-order valence-electron chi connectivity index (χ4n) is 3.41. The predicted octanol–water partition coefficient (Wildman–Crippen LogP) is 4.37. The molecule has 5 aromatic rings. The van der Waals surface area contributed by atoms with Crippen LogP contribution in [0.15, 0.2) is 91.6 Å². The summed E-state index contributed by atoms with van der Waals surface area (Å²) < 4.78 is 11.6. The van der Waals surface area contributed by atoms with Gasteiger partial charge in [0.15, 0.2) is 0 Å². The molecule has 8 nitrogen and oxygen atoms in total. The van der Waals surface area contributed by atoms with Gasteiger partial charge in [-0.2, -0.15) is 0 Å². The molecular weight excluding hydrogens is 428 g/mol. The van der Waals surface area contributed by atoms with Gasteiger partial charge in [0.1, 0.15) is 36.2 Å². The number of nitrogens with one attached hydrogen (secondary N) is 1. The number of nitrogens with zero attached hydrogens (tertiary/aromatic N) is 5. The number of aromatic amines is 1. The number of hydrogen-bond acceptors (Lipinski definition) is 7.